The molecule has 1 rings (SSSR count). The Labute approximate surface area is 88.2 Å². The lowest BCUT2D eigenvalue weighted by Crippen LogP contribution is -2.22. The Morgan fingerprint density at radius 1 is 1.53 bits per heavy atom. The van der Waals surface area contributed by atoms with E-state index in [1.807, 2.05) is 0 Å². The van der Waals surface area contributed by atoms with Gasteiger partial charge >= 0.3 is 0 Å². The van der Waals surface area contributed by atoms with Gasteiger partial charge in [-0.15, -0.1) is 0 Å². The molecule has 82 valence electrons. The van der Waals surface area contributed by atoms with Crippen LogP contribution in [0.4, 0.5) is 4.39 Å². The summed E-state index contributed by atoms with van der Waals surface area (Å²) < 4.78 is 17.9. The van der Waals surface area contributed by atoms with Crippen molar-refractivity contribution in [2.24, 2.45) is 0 Å². The highest BCUT2D eigenvalue weighted by atomic mass is 19.1. The van der Waals surface area contributed by atoms with Gasteiger partial charge in [0, 0.05) is 13.5 Å². The lowest BCUT2D eigenvalue weighted by molar-refractivity contribution is -0.118. The minimum absolute atomic E-state index is 0.0657. The molecule has 0 radical (unpaired) electrons. The minimum Gasteiger partial charge on any atom is -0.494 e. The summed E-state index contributed by atoms with van der Waals surface area (Å²) in [6, 6.07) is 4.68. The molecule has 0 aliphatic heterocycles. The summed E-state index contributed by atoms with van der Waals surface area (Å²) in [5.41, 5.74) is 0.932. The first kappa shape index (κ1) is 11.5. The molecule has 0 saturated carbocycles. The van der Waals surface area contributed by atoms with Gasteiger partial charge in [-0.3, -0.25) is 4.79 Å². The van der Waals surface area contributed by atoms with Crippen LogP contribution in [0, 0.1) is 5.82 Å². The zero-order valence-electron chi connectivity index (χ0n) is 8.84. The van der Waals surface area contributed by atoms with Crippen molar-refractivity contribution in [3.8, 4) is 5.75 Å². The Hall–Kier alpha value is -1.58. The van der Waals surface area contributed by atoms with Gasteiger partial charge in [0.2, 0.25) is 5.91 Å². The fourth-order valence-corrected chi connectivity index (χ4v) is 1.24. The molecule has 3 nitrogen and oxygen atoms in total. The molecule has 4 heteroatoms. The number of ether oxygens (including phenoxy) is 1. The second-order valence-corrected chi connectivity index (χ2v) is 3.20. The Balaban J connectivity index is 2.58. The molecule has 0 aliphatic carbocycles. The maximum Gasteiger partial charge on any atom is 0.216 e. The Bertz CT molecular complexity index is 352. The maximum absolute atomic E-state index is 13.0. The van der Waals surface area contributed by atoms with Crippen molar-refractivity contribution in [2.45, 2.75) is 13.3 Å². The molecule has 0 saturated heterocycles. The highest BCUT2D eigenvalue weighted by Crippen LogP contribution is 2.18. The fraction of sp³-hybridized carbons (Fsp3) is 0.364. The van der Waals surface area contributed by atoms with Gasteiger partial charge in [-0.1, -0.05) is 6.07 Å². The van der Waals surface area contributed by atoms with Crippen molar-refractivity contribution in [2.75, 3.05) is 13.7 Å². The van der Waals surface area contributed by atoms with E-state index in [1.54, 1.807) is 12.1 Å². The Kier molecular flexibility index (Phi) is 4.09. The number of amides is 1. The largest absolute Gasteiger partial charge is 0.494 e. The normalized spacial score (nSPS) is 9.80. The summed E-state index contributed by atoms with van der Waals surface area (Å²) in [5, 5.41) is 2.67. The first-order valence-electron chi connectivity index (χ1n) is 4.70. The van der Waals surface area contributed by atoms with Gasteiger partial charge in [0.1, 0.15) is 0 Å². The molecule has 1 amide bonds. The Morgan fingerprint density at radius 3 is 2.87 bits per heavy atom. The molecule has 0 heterocycles. The molecule has 0 unspecified atom stereocenters. The maximum atomic E-state index is 13.0. The average molecular weight is 211 g/mol. The highest BCUT2D eigenvalue weighted by molar-refractivity contribution is 5.72. The lowest BCUT2D eigenvalue weighted by Gasteiger charge is -2.06. The van der Waals surface area contributed by atoms with Crippen LogP contribution >= 0.6 is 0 Å². The van der Waals surface area contributed by atoms with Gasteiger partial charge in [0.25, 0.3) is 0 Å². The summed E-state index contributed by atoms with van der Waals surface area (Å²) in [5.74, 6) is -0.208. The molecule has 1 aromatic carbocycles. The van der Waals surface area contributed by atoms with Crippen molar-refractivity contribution >= 4 is 5.91 Å². The van der Waals surface area contributed by atoms with Crippen molar-refractivity contribution in [1.29, 1.82) is 0 Å². The number of benzene rings is 1. The van der Waals surface area contributed by atoms with Gasteiger partial charge in [-0.2, -0.15) is 0 Å². The van der Waals surface area contributed by atoms with Crippen LogP contribution in [-0.4, -0.2) is 19.6 Å². The van der Waals surface area contributed by atoms with E-state index in [1.165, 1.54) is 20.1 Å². The average Bonchev–Trinajstić information content (AvgIpc) is 2.20. The summed E-state index contributed by atoms with van der Waals surface area (Å²) >= 11 is 0. The van der Waals surface area contributed by atoms with Gasteiger partial charge in [0.15, 0.2) is 11.6 Å². The van der Waals surface area contributed by atoms with Crippen molar-refractivity contribution in [3.05, 3.63) is 29.6 Å². The van der Waals surface area contributed by atoms with Crippen LogP contribution in [-0.2, 0) is 11.2 Å². The molecular formula is C11H14FNO2. The summed E-state index contributed by atoms with van der Waals surface area (Å²) in [4.78, 5) is 10.6. The second kappa shape index (κ2) is 5.34. The zero-order chi connectivity index (χ0) is 11.3. The van der Waals surface area contributed by atoms with E-state index in [2.05, 4.69) is 5.32 Å². The van der Waals surface area contributed by atoms with Crippen LogP contribution in [0.2, 0.25) is 0 Å². The van der Waals surface area contributed by atoms with E-state index in [0.29, 0.717) is 13.0 Å². The Morgan fingerprint density at radius 2 is 2.27 bits per heavy atom. The van der Waals surface area contributed by atoms with Crippen LogP contribution in [0.5, 0.6) is 5.75 Å². The highest BCUT2D eigenvalue weighted by Gasteiger charge is 2.03. The molecule has 0 fully saturated rings. The smallest absolute Gasteiger partial charge is 0.216 e. The van der Waals surface area contributed by atoms with Gasteiger partial charge in [-0.25, -0.2) is 4.39 Å². The first-order valence-corrected chi connectivity index (χ1v) is 4.70. The molecule has 0 aromatic heterocycles. The molecular weight excluding hydrogens is 197 g/mol. The van der Waals surface area contributed by atoms with Crippen molar-refractivity contribution < 1.29 is 13.9 Å². The predicted octanol–water partition coefficient (Wildman–Crippen LogP) is 1.51. The molecule has 0 aliphatic rings. The van der Waals surface area contributed by atoms with Crippen LogP contribution in [0.25, 0.3) is 0 Å². The van der Waals surface area contributed by atoms with E-state index in [9.17, 15) is 9.18 Å². The monoisotopic (exact) mass is 211 g/mol. The van der Waals surface area contributed by atoms with Gasteiger partial charge < -0.3 is 10.1 Å². The third-order valence-corrected chi connectivity index (χ3v) is 2.00. The first-order chi connectivity index (χ1) is 7.13. The van der Waals surface area contributed by atoms with Crippen LogP contribution < -0.4 is 10.1 Å². The minimum atomic E-state index is -0.374. The van der Waals surface area contributed by atoms with Crippen molar-refractivity contribution in [1.82, 2.24) is 5.32 Å². The third-order valence-electron chi connectivity index (χ3n) is 2.00. The van der Waals surface area contributed by atoms with E-state index in [4.69, 9.17) is 4.74 Å². The van der Waals surface area contributed by atoms with Crippen LogP contribution in [0.3, 0.4) is 0 Å². The van der Waals surface area contributed by atoms with Gasteiger partial charge in [-0.05, 0) is 24.1 Å². The topological polar surface area (TPSA) is 38.3 Å². The van der Waals surface area contributed by atoms with E-state index in [-0.39, 0.29) is 17.5 Å². The van der Waals surface area contributed by atoms with E-state index < -0.39 is 0 Å². The fourth-order valence-electron chi connectivity index (χ4n) is 1.24. The second-order valence-electron chi connectivity index (χ2n) is 3.20. The molecule has 0 spiro atoms. The summed E-state index contributed by atoms with van der Waals surface area (Å²) in [6.07, 6.45) is 0.663. The standard InChI is InChI=1S/C11H14FNO2/c1-8(14)13-6-5-9-3-4-10(12)11(7-9)15-2/h3-4,7H,5-6H2,1-2H3,(H,13,14). The number of nitrogens with one attached hydrogen (secondary N) is 1. The quantitative estimate of drug-likeness (QED) is 0.819. The summed E-state index contributed by atoms with van der Waals surface area (Å²) in [7, 11) is 1.43. The number of carbonyl (C=O) groups is 1. The molecule has 1 aromatic rings. The number of hydrogen-bond acceptors (Lipinski definition) is 2. The SMILES string of the molecule is COc1cc(CCNC(C)=O)ccc1F. The predicted molar refractivity (Wildman–Crippen MR) is 55.3 cm³/mol. The van der Waals surface area contributed by atoms with Crippen molar-refractivity contribution in [3.63, 3.8) is 0 Å². The number of methoxy groups -OCH3 is 1. The van der Waals surface area contributed by atoms with Crippen LogP contribution in [0.15, 0.2) is 18.2 Å². The zero-order valence-corrected chi connectivity index (χ0v) is 8.84. The van der Waals surface area contributed by atoms with E-state index >= 15 is 0 Å². The number of carbonyl (C=O) groups excluding carboxylic acids is 1. The summed E-state index contributed by atoms with van der Waals surface area (Å²) in [6.45, 7) is 2.01. The molecule has 0 bridgehead atoms. The number of hydrogen-bond donors (Lipinski definition) is 1. The van der Waals surface area contributed by atoms with Gasteiger partial charge in [0.05, 0.1) is 7.11 Å². The lowest BCUT2D eigenvalue weighted by atomic mass is 10.1. The molecule has 15 heavy (non-hydrogen) atoms. The third kappa shape index (κ3) is 3.58. The number of halogens is 1. The number of rotatable bonds is 4. The molecule has 1 N–H and O–H groups in total. The molecule has 0 atom stereocenters. The van der Waals surface area contributed by atoms with E-state index in [0.717, 1.165) is 5.56 Å². The van der Waals surface area contributed by atoms with Crippen LogP contribution in [0.1, 0.15) is 12.5 Å².